The van der Waals surface area contributed by atoms with Gasteiger partial charge in [0.15, 0.2) is 17.3 Å². The minimum Gasteiger partial charge on any atom is -0.493 e. The molecule has 38 heavy (non-hydrogen) atoms. The van der Waals surface area contributed by atoms with Crippen molar-refractivity contribution < 1.29 is 28.6 Å². The van der Waals surface area contributed by atoms with Gasteiger partial charge in [0.05, 0.1) is 24.1 Å². The molecular weight excluding hydrogens is 507 g/mol. The van der Waals surface area contributed by atoms with Gasteiger partial charge in [0.2, 0.25) is 5.91 Å². The summed E-state index contributed by atoms with van der Waals surface area (Å²) in [6, 6.07) is 9.80. The van der Waals surface area contributed by atoms with Gasteiger partial charge in [-0.3, -0.25) is 9.59 Å². The fourth-order valence-electron chi connectivity index (χ4n) is 4.80. The molecule has 1 aliphatic rings. The van der Waals surface area contributed by atoms with Gasteiger partial charge in [-0.2, -0.15) is 5.10 Å². The first kappa shape index (κ1) is 27.7. The molecule has 1 aromatic heterocycles. The number of aliphatic hydroxyl groups excluding tert-OH is 1. The molecule has 2 N–H and O–H groups in total. The van der Waals surface area contributed by atoms with Crippen LogP contribution in [-0.2, 0) is 4.79 Å². The third-order valence-electron chi connectivity index (χ3n) is 6.80. The molecule has 1 amide bonds. The van der Waals surface area contributed by atoms with E-state index in [9.17, 15) is 14.0 Å². The maximum atomic E-state index is 14.3. The number of ketones is 1. The Kier molecular flexibility index (Phi) is 9.84. The van der Waals surface area contributed by atoms with Gasteiger partial charge >= 0.3 is 0 Å². The van der Waals surface area contributed by atoms with Crippen LogP contribution in [0, 0.1) is 11.7 Å². The number of thiophene rings is 1. The highest BCUT2D eigenvalue weighted by Crippen LogP contribution is 2.33. The Morgan fingerprint density at radius 3 is 2.71 bits per heavy atom. The van der Waals surface area contributed by atoms with Crippen LogP contribution in [-0.4, -0.2) is 42.8 Å². The minimum atomic E-state index is -0.361. The summed E-state index contributed by atoms with van der Waals surface area (Å²) in [5.74, 6) is 0.450. The first-order valence-electron chi connectivity index (χ1n) is 13.0. The molecule has 0 aliphatic heterocycles. The average molecular weight is 541 g/mol. The summed E-state index contributed by atoms with van der Waals surface area (Å²) in [6.07, 6.45) is 6.54. The van der Waals surface area contributed by atoms with E-state index in [0.29, 0.717) is 34.1 Å². The zero-order valence-electron chi connectivity index (χ0n) is 21.5. The second kappa shape index (κ2) is 13.5. The van der Waals surface area contributed by atoms with Crippen LogP contribution in [0.15, 0.2) is 46.9 Å². The highest BCUT2D eigenvalue weighted by molar-refractivity contribution is 7.17. The number of nitrogens with zero attached hydrogens (tertiary/aromatic N) is 1. The number of hydrogen-bond donors (Lipinski definition) is 2. The molecule has 1 saturated carbocycles. The van der Waals surface area contributed by atoms with Crippen LogP contribution in [0.25, 0.3) is 10.1 Å². The average Bonchev–Trinajstić information content (AvgIpc) is 3.38. The number of carbonyl (C=O) groups is 2. The summed E-state index contributed by atoms with van der Waals surface area (Å²) in [5.41, 5.74) is 4.64. The highest BCUT2D eigenvalue weighted by atomic mass is 32.1. The summed E-state index contributed by atoms with van der Waals surface area (Å²) < 4.78 is 25.6. The largest absolute Gasteiger partial charge is 0.493 e. The van der Waals surface area contributed by atoms with Gasteiger partial charge in [-0.15, -0.1) is 11.3 Å². The predicted octanol–water partition coefficient (Wildman–Crippen LogP) is 5.87. The van der Waals surface area contributed by atoms with Crippen molar-refractivity contribution in [3.63, 3.8) is 0 Å². The molecular formula is C29H33FN2O5S. The summed E-state index contributed by atoms with van der Waals surface area (Å²) in [6.45, 7) is -0.0213. The standard InChI is InChI=1S/C29H33FN2O5S/c1-36-27-17-20(10-12-26(27)37-15-14-33)25(34)11-13-28(35)32-31-24(16-19-6-3-2-4-7-19)22-18-38-29-21(22)8-5-9-23(29)30/h5,8-10,12,17-19,33H,2-4,6-7,11,13-16H2,1H3,(H,32,35)/b31-24-. The number of ether oxygens (including phenoxy) is 2. The van der Waals surface area contributed by atoms with E-state index in [4.69, 9.17) is 14.6 Å². The lowest BCUT2D eigenvalue weighted by Gasteiger charge is -2.22. The summed E-state index contributed by atoms with van der Waals surface area (Å²) in [4.78, 5) is 25.4. The van der Waals surface area contributed by atoms with E-state index in [1.54, 1.807) is 24.3 Å². The van der Waals surface area contributed by atoms with Gasteiger partial charge in [0.1, 0.15) is 12.4 Å². The Bertz CT molecular complexity index is 1300. The van der Waals surface area contributed by atoms with Crippen molar-refractivity contribution >= 4 is 38.8 Å². The predicted molar refractivity (Wildman–Crippen MR) is 147 cm³/mol. The number of rotatable bonds is 12. The van der Waals surface area contributed by atoms with Gasteiger partial charge in [-0.25, -0.2) is 9.82 Å². The third kappa shape index (κ3) is 6.96. The van der Waals surface area contributed by atoms with Gasteiger partial charge in [-0.05, 0) is 36.6 Å². The maximum Gasteiger partial charge on any atom is 0.240 e. The van der Waals surface area contributed by atoms with Crippen LogP contribution in [0.4, 0.5) is 4.39 Å². The molecule has 0 bridgehead atoms. The van der Waals surface area contributed by atoms with Crippen molar-refractivity contribution in [1.82, 2.24) is 5.43 Å². The lowest BCUT2D eigenvalue weighted by molar-refractivity contribution is -0.121. The van der Waals surface area contributed by atoms with Crippen molar-refractivity contribution in [1.29, 1.82) is 0 Å². The highest BCUT2D eigenvalue weighted by Gasteiger charge is 2.20. The molecule has 1 heterocycles. The number of Topliss-reactive ketones (excluding diaryl/α,β-unsaturated/α-hetero) is 1. The Balaban J connectivity index is 1.43. The van der Waals surface area contributed by atoms with Crippen LogP contribution >= 0.6 is 11.3 Å². The molecule has 7 nitrogen and oxygen atoms in total. The van der Waals surface area contributed by atoms with E-state index in [2.05, 4.69) is 10.5 Å². The van der Waals surface area contributed by atoms with Gasteiger partial charge in [0, 0.05) is 34.7 Å². The third-order valence-corrected chi connectivity index (χ3v) is 7.80. The SMILES string of the molecule is COc1cc(C(=O)CCC(=O)N/N=C(/CC2CCCCC2)c2csc3c(F)cccc23)ccc1OCCO. The molecule has 0 unspecified atom stereocenters. The van der Waals surface area contributed by atoms with E-state index in [-0.39, 0.29) is 43.6 Å². The van der Waals surface area contributed by atoms with Crippen LogP contribution in [0.1, 0.15) is 67.3 Å². The number of aliphatic hydroxyl groups is 1. The quantitative estimate of drug-likeness (QED) is 0.170. The van der Waals surface area contributed by atoms with Crippen molar-refractivity contribution in [3.8, 4) is 11.5 Å². The Morgan fingerprint density at radius 2 is 1.95 bits per heavy atom. The van der Waals surface area contributed by atoms with Crippen LogP contribution in [0.3, 0.4) is 0 Å². The van der Waals surface area contributed by atoms with E-state index < -0.39 is 0 Å². The van der Waals surface area contributed by atoms with Crippen LogP contribution in [0.2, 0.25) is 0 Å². The van der Waals surface area contributed by atoms with E-state index >= 15 is 0 Å². The molecule has 3 aromatic rings. The van der Waals surface area contributed by atoms with Crippen molar-refractivity contribution in [3.05, 3.63) is 58.7 Å². The zero-order valence-corrected chi connectivity index (χ0v) is 22.3. The van der Waals surface area contributed by atoms with Crippen LogP contribution in [0.5, 0.6) is 11.5 Å². The lowest BCUT2D eigenvalue weighted by Crippen LogP contribution is -2.22. The number of benzene rings is 2. The topological polar surface area (TPSA) is 97.2 Å². The van der Waals surface area contributed by atoms with Crippen molar-refractivity contribution in [2.75, 3.05) is 20.3 Å². The number of fused-ring (bicyclic) bond motifs is 1. The zero-order chi connectivity index (χ0) is 26.9. The Morgan fingerprint density at radius 1 is 1.13 bits per heavy atom. The normalized spacial score (nSPS) is 14.4. The molecule has 202 valence electrons. The molecule has 9 heteroatoms. The molecule has 1 fully saturated rings. The first-order chi connectivity index (χ1) is 18.5. The number of carbonyl (C=O) groups excluding carboxylic acids is 2. The number of methoxy groups -OCH3 is 1. The molecule has 0 saturated heterocycles. The van der Waals surface area contributed by atoms with Crippen LogP contribution < -0.4 is 14.9 Å². The first-order valence-corrected chi connectivity index (χ1v) is 13.8. The number of hydrazone groups is 1. The monoisotopic (exact) mass is 540 g/mol. The molecule has 1 aliphatic carbocycles. The summed E-state index contributed by atoms with van der Waals surface area (Å²) >= 11 is 1.34. The minimum absolute atomic E-state index is 0.00586. The number of halogens is 1. The molecule has 0 spiro atoms. The van der Waals surface area contributed by atoms with Crippen molar-refractivity contribution in [2.45, 2.75) is 51.4 Å². The van der Waals surface area contributed by atoms with Gasteiger partial charge < -0.3 is 14.6 Å². The lowest BCUT2D eigenvalue weighted by atomic mass is 9.84. The van der Waals surface area contributed by atoms with Gasteiger partial charge in [0.25, 0.3) is 0 Å². The van der Waals surface area contributed by atoms with E-state index in [1.807, 2.05) is 11.4 Å². The van der Waals surface area contributed by atoms with E-state index in [0.717, 1.165) is 29.5 Å². The fraction of sp³-hybridized carbons (Fsp3) is 0.414. The second-order valence-electron chi connectivity index (χ2n) is 9.43. The molecule has 0 atom stereocenters. The smallest absolute Gasteiger partial charge is 0.240 e. The Labute approximate surface area is 225 Å². The fourth-order valence-corrected chi connectivity index (χ4v) is 5.78. The second-order valence-corrected chi connectivity index (χ2v) is 10.3. The Hall–Kier alpha value is -3.30. The van der Waals surface area contributed by atoms with E-state index in [1.165, 1.54) is 43.8 Å². The molecule has 0 radical (unpaired) electrons. The van der Waals surface area contributed by atoms with Crippen molar-refractivity contribution in [2.24, 2.45) is 11.0 Å². The van der Waals surface area contributed by atoms with Gasteiger partial charge in [-0.1, -0.05) is 44.2 Å². The number of hydrogen-bond acceptors (Lipinski definition) is 7. The summed E-state index contributed by atoms with van der Waals surface area (Å²) in [5, 5.41) is 16.1. The number of amides is 1. The molecule has 2 aromatic carbocycles. The maximum absolute atomic E-state index is 14.3. The summed E-state index contributed by atoms with van der Waals surface area (Å²) in [7, 11) is 1.47. The molecule has 4 rings (SSSR count). The number of nitrogens with one attached hydrogen (secondary N) is 1.